The lowest BCUT2D eigenvalue weighted by molar-refractivity contribution is -0.162. The Bertz CT molecular complexity index is 333. The number of carboxylic acids is 1. The molecule has 0 amide bonds. The summed E-state index contributed by atoms with van der Waals surface area (Å²) in [7, 11) is 0. The van der Waals surface area contributed by atoms with E-state index >= 15 is 0 Å². The van der Waals surface area contributed by atoms with Crippen molar-refractivity contribution >= 4 is 17.9 Å². The number of hydrogen-bond acceptors (Lipinski definition) is 9. The predicted molar refractivity (Wildman–Crippen MR) is 67.1 cm³/mol. The molecule has 0 heterocycles. The molecule has 10 nitrogen and oxygen atoms in total. The molecule has 0 aromatic rings. The maximum absolute atomic E-state index is 10.9. The number of aliphatic hydroxyl groups excluding tert-OH is 2. The Morgan fingerprint density at radius 1 is 1.10 bits per heavy atom. The highest BCUT2D eigenvalue weighted by Gasteiger charge is 2.24. The number of nitrogens with two attached hydrogens (primary N) is 3. The van der Waals surface area contributed by atoms with Gasteiger partial charge < -0.3 is 37.3 Å². The summed E-state index contributed by atoms with van der Waals surface area (Å²) in [5.41, 5.74) is 15.1. The van der Waals surface area contributed by atoms with Crippen molar-refractivity contribution in [2.24, 2.45) is 17.2 Å². The second-order valence-electron chi connectivity index (χ2n) is 3.92. The van der Waals surface area contributed by atoms with Crippen molar-refractivity contribution in [2.75, 3.05) is 6.61 Å². The van der Waals surface area contributed by atoms with Crippen LogP contribution in [0.25, 0.3) is 0 Å². The zero-order valence-electron chi connectivity index (χ0n) is 11.2. The molecule has 0 saturated heterocycles. The van der Waals surface area contributed by atoms with E-state index in [4.69, 9.17) is 32.5 Å². The van der Waals surface area contributed by atoms with Crippen LogP contribution in [-0.4, -0.2) is 64.1 Å². The van der Waals surface area contributed by atoms with Crippen LogP contribution in [0.3, 0.4) is 0 Å². The predicted octanol–water partition coefficient (Wildman–Crippen LogP) is -3.50. The Labute approximate surface area is 115 Å². The molecule has 0 fully saturated rings. The van der Waals surface area contributed by atoms with Crippen LogP contribution >= 0.6 is 0 Å². The van der Waals surface area contributed by atoms with E-state index in [0.717, 1.165) is 0 Å². The van der Waals surface area contributed by atoms with E-state index in [0.29, 0.717) is 0 Å². The second kappa shape index (κ2) is 10.2. The molecule has 9 N–H and O–H groups in total. The number of carbonyl (C=O) groups excluding carboxylic acids is 2. The summed E-state index contributed by atoms with van der Waals surface area (Å²) in [6.07, 6.45) is -1.06. The third-order valence-corrected chi connectivity index (χ3v) is 1.88. The standard InChI is InChI=1S/C7H14N2O4.C3H7NO3/c1-3(8)6(11)13-7(12)5(9)4(2)10;4-2(1-5)3(6)7/h3-5,10H,8-9H2,1-2H3;2,5H,1,4H2,(H,6,7)/t3-,4+,5-;2-/m00/s1. The molecule has 20 heavy (non-hydrogen) atoms. The van der Waals surface area contributed by atoms with E-state index in [2.05, 4.69) is 4.74 Å². The normalized spacial score (nSPS) is 15.9. The number of rotatable bonds is 5. The first kappa shape index (κ1) is 20.7. The van der Waals surface area contributed by atoms with Crippen LogP contribution in [0, 0.1) is 0 Å². The van der Waals surface area contributed by atoms with Crippen LogP contribution in [0.15, 0.2) is 0 Å². The van der Waals surface area contributed by atoms with Gasteiger partial charge in [0.25, 0.3) is 0 Å². The molecule has 118 valence electrons. The van der Waals surface area contributed by atoms with E-state index in [9.17, 15) is 14.4 Å². The molecule has 10 heteroatoms. The van der Waals surface area contributed by atoms with Crippen molar-refractivity contribution in [1.29, 1.82) is 0 Å². The number of hydrogen-bond donors (Lipinski definition) is 6. The maximum Gasteiger partial charge on any atom is 0.333 e. The van der Waals surface area contributed by atoms with Crippen LogP contribution in [0.2, 0.25) is 0 Å². The fourth-order valence-electron chi connectivity index (χ4n) is 0.535. The molecular formula is C10H21N3O7. The zero-order chi connectivity index (χ0) is 16.5. The summed E-state index contributed by atoms with van der Waals surface area (Å²) >= 11 is 0. The van der Waals surface area contributed by atoms with Gasteiger partial charge in [0.2, 0.25) is 0 Å². The molecular weight excluding hydrogens is 274 g/mol. The minimum atomic E-state index is -1.22. The van der Waals surface area contributed by atoms with Crippen LogP contribution in [-0.2, 0) is 19.1 Å². The van der Waals surface area contributed by atoms with Gasteiger partial charge >= 0.3 is 17.9 Å². The van der Waals surface area contributed by atoms with E-state index in [-0.39, 0.29) is 0 Å². The molecule has 0 aromatic carbocycles. The van der Waals surface area contributed by atoms with Gasteiger partial charge in [-0.05, 0) is 13.8 Å². The fraction of sp³-hybridized carbons (Fsp3) is 0.700. The lowest BCUT2D eigenvalue weighted by Gasteiger charge is -2.13. The molecule has 0 saturated carbocycles. The smallest absolute Gasteiger partial charge is 0.333 e. The quantitative estimate of drug-likeness (QED) is 0.218. The van der Waals surface area contributed by atoms with Gasteiger partial charge in [-0.1, -0.05) is 0 Å². The maximum atomic E-state index is 10.9. The third-order valence-electron chi connectivity index (χ3n) is 1.88. The van der Waals surface area contributed by atoms with Crippen LogP contribution in [0.1, 0.15) is 13.8 Å². The highest BCUT2D eigenvalue weighted by Crippen LogP contribution is 1.94. The first-order chi connectivity index (χ1) is 9.04. The van der Waals surface area contributed by atoms with Gasteiger partial charge in [0.15, 0.2) is 0 Å². The Hall–Kier alpha value is -1.59. The first-order valence-electron chi connectivity index (χ1n) is 5.58. The van der Waals surface area contributed by atoms with Crippen LogP contribution < -0.4 is 17.2 Å². The Morgan fingerprint density at radius 3 is 1.75 bits per heavy atom. The SMILES string of the molecule is C[C@H](N)C(=O)OC(=O)[C@@H](N)[C@@H](C)O.N[C@@H](CO)C(=O)O. The molecule has 0 aliphatic carbocycles. The second-order valence-corrected chi connectivity index (χ2v) is 3.92. The highest BCUT2D eigenvalue weighted by molar-refractivity contribution is 5.90. The van der Waals surface area contributed by atoms with Gasteiger partial charge in [-0.3, -0.25) is 4.79 Å². The lowest BCUT2D eigenvalue weighted by atomic mass is 10.2. The van der Waals surface area contributed by atoms with E-state index in [1.807, 2.05) is 0 Å². The molecule has 0 aromatic heterocycles. The number of ether oxygens (including phenoxy) is 1. The number of carboxylic acid groups (broad SMARTS) is 1. The molecule has 0 spiro atoms. The summed E-state index contributed by atoms with van der Waals surface area (Å²) in [6.45, 7) is 2.20. The first-order valence-corrected chi connectivity index (χ1v) is 5.58. The summed E-state index contributed by atoms with van der Waals surface area (Å²) < 4.78 is 4.25. The molecule has 0 aliphatic heterocycles. The highest BCUT2D eigenvalue weighted by atomic mass is 16.6. The monoisotopic (exact) mass is 295 g/mol. The molecule has 0 aliphatic rings. The Kier molecular flexibility index (Phi) is 10.6. The van der Waals surface area contributed by atoms with Gasteiger partial charge in [0.1, 0.15) is 18.1 Å². The summed E-state index contributed by atoms with van der Waals surface area (Å²) in [4.78, 5) is 31.3. The number of carbonyl (C=O) groups is 3. The van der Waals surface area contributed by atoms with Gasteiger partial charge in [-0.2, -0.15) is 0 Å². The summed E-state index contributed by atoms with van der Waals surface area (Å²) in [6, 6.07) is -3.23. The lowest BCUT2D eigenvalue weighted by Crippen LogP contribution is -2.44. The van der Waals surface area contributed by atoms with Gasteiger partial charge in [0, 0.05) is 0 Å². The van der Waals surface area contributed by atoms with E-state index in [1.165, 1.54) is 13.8 Å². The topological polar surface area (TPSA) is 199 Å². The number of aliphatic carboxylic acids is 1. The molecule has 4 atom stereocenters. The minimum absolute atomic E-state index is 0.505. The number of aliphatic hydroxyl groups is 2. The zero-order valence-corrected chi connectivity index (χ0v) is 11.2. The molecule has 0 unspecified atom stereocenters. The van der Waals surface area contributed by atoms with Crippen molar-refractivity contribution in [3.05, 3.63) is 0 Å². The van der Waals surface area contributed by atoms with Crippen molar-refractivity contribution in [2.45, 2.75) is 38.1 Å². The molecule has 0 radical (unpaired) electrons. The fourth-order valence-corrected chi connectivity index (χ4v) is 0.535. The largest absolute Gasteiger partial charge is 0.480 e. The number of esters is 2. The van der Waals surface area contributed by atoms with Gasteiger partial charge in [0.05, 0.1) is 12.7 Å². The van der Waals surface area contributed by atoms with Gasteiger partial charge in [-0.15, -0.1) is 0 Å². The van der Waals surface area contributed by atoms with Crippen molar-refractivity contribution < 1.29 is 34.4 Å². The minimum Gasteiger partial charge on any atom is -0.480 e. The van der Waals surface area contributed by atoms with Crippen LogP contribution in [0.5, 0.6) is 0 Å². The Balaban J connectivity index is 0. The van der Waals surface area contributed by atoms with E-state index in [1.54, 1.807) is 0 Å². The van der Waals surface area contributed by atoms with Crippen LogP contribution in [0.4, 0.5) is 0 Å². The molecule has 0 bridgehead atoms. The van der Waals surface area contributed by atoms with E-state index < -0.39 is 48.7 Å². The summed E-state index contributed by atoms with van der Waals surface area (Å²) in [5.74, 6) is -3.01. The van der Waals surface area contributed by atoms with Crippen molar-refractivity contribution in [1.82, 2.24) is 0 Å². The van der Waals surface area contributed by atoms with Crippen molar-refractivity contribution in [3.63, 3.8) is 0 Å². The summed E-state index contributed by atoms with van der Waals surface area (Å²) in [5, 5.41) is 24.8. The van der Waals surface area contributed by atoms with Gasteiger partial charge in [-0.25, -0.2) is 9.59 Å². The third kappa shape index (κ3) is 9.35. The average molecular weight is 295 g/mol. The van der Waals surface area contributed by atoms with Crippen molar-refractivity contribution in [3.8, 4) is 0 Å². The Morgan fingerprint density at radius 2 is 1.55 bits per heavy atom. The average Bonchev–Trinajstić information content (AvgIpc) is 2.36. The molecule has 0 rings (SSSR count).